The van der Waals surface area contributed by atoms with Crippen molar-refractivity contribution in [2.75, 3.05) is 13.7 Å². The van der Waals surface area contributed by atoms with Crippen LogP contribution in [0.1, 0.15) is 46.5 Å². The van der Waals surface area contributed by atoms with Gasteiger partial charge < -0.3 is 24.7 Å². The maximum atomic E-state index is 13.0. The van der Waals surface area contributed by atoms with Crippen molar-refractivity contribution in [2.45, 2.75) is 25.7 Å². The van der Waals surface area contributed by atoms with E-state index in [1.807, 2.05) is 42.5 Å². The molecule has 0 saturated carbocycles. The normalized spacial score (nSPS) is 14.4. The summed E-state index contributed by atoms with van der Waals surface area (Å²) in [5.41, 5.74) is 7.92. The second kappa shape index (κ2) is 11.3. The van der Waals surface area contributed by atoms with Crippen molar-refractivity contribution in [3.8, 4) is 29.1 Å². The first-order valence-corrected chi connectivity index (χ1v) is 13.6. The molecule has 0 radical (unpaired) electrons. The first kappa shape index (κ1) is 26.4. The minimum atomic E-state index is -0.571. The summed E-state index contributed by atoms with van der Waals surface area (Å²) in [6.45, 7) is 2.68. The van der Waals surface area contributed by atoms with Gasteiger partial charge in [-0.1, -0.05) is 55.3 Å². The van der Waals surface area contributed by atoms with Crippen molar-refractivity contribution in [1.82, 2.24) is 0 Å². The average molecular weight is 561 g/mol. The van der Waals surface area contributed by atoms with Gasteiger partial charge in [-0.3, -0.25) is 0 Å². The molecule has 9 heteroatoms. The van der Waals surface area contributed by atoms with E-state index in [1.165, 1.54) is 11.3 Å². The molecule has 7 nitrogen and oxygen atoms in total. The number of carbonyl (C=O) groups excluding carboxylic acids is 1. The fourth-order valence-electron chi connectivity index (χ4n) is 4.45. The van der Waals surface area contributed by atoms with E-state index in [1.54, 1.807) is 25.3 Å². The SMILES string of the molecule is CCCCOc1ccc(C2C(C#N)=C(N)Oc3cc(OC(=O)c4sc5ccccc5c4Cl)ccc32)cc1OC. The molecule has 1 unspecified atom stereocenters. The number of hydrogen-bond donors (Lipinski definition) is 1. The molecule has 1 aliphatic heterocycles. The third-order valence-electron chi connectivity index (χ3n) is 6.40. The van der Waals surface area contributed by atoms with Crippen LogP contribution in [-0.4, -0.2) is 19.7 Å². The summed E-state index contributed by atoms with van der Waals surface area (Å²) < 4.78 is 23.8. The standard InChI is InChI=1S/C30H25ClN2O5S/c1-3-4-13-36-22-12-9-17(14-24(22)35-2)26-19-11-10-18(15-23(19)38-29(33)21(26)16-32)37-30(34)28-27(31)20-7-5-6-8-25(20)39-28/h5-12,14-15,26H,3-4,13,33H2,1-2H3. The van der Waals surface area contributed by atoms with Gasteiger partial charge in [0.15, 0.2) is 11.5 Å². The summed E-state index contributed by atoms with van der Waals surface area (Å²) in [7, 11) is 1.57. The summed E-state index contributed by atoms with van der Waals surface area (Å²) in [4.78, 5) is 13.3. The first-order valence-electron chi connectivity index (χ1n) is 12.4. The topological polar surface area (TPSA) is 104 Å². The molecule has 0 bridgehead atoms. The van der Waals surface area contributed by atoms with E-state index in [0.717, 1.165) is 28.5 Å². The number of nitrogens with zero attached hydrogens (tertiary/aromatic N) is 1. The molecule has 0 saturated heterocycles. The van der Waals surface area contributed by atoms with E-state index >= 15 is 0 Å². The van der Waals surface area contributed by atoms with Crippen LogP contribution in [-0.2, 0) is 0 Å². The number of fused-ring (bicyclic) bond motifs is 2. The van der Waals surface area contributed by atoms with E-state index < -0.39 is 11.9 Å². The summed E-state index contributed by atoms with van der Waals surface area (Å²) >= 11 is 7.72. The quantitative estimate of drug-likeness (QED) is 0.138. The van der Waals surface area contributed by atoms with Gasteiger partial charge in [-0.2, -0.15) is 5.26 Å². The van der Waals surface area contributed by atoms with Crippen LogP contribution >= 0.6 is 22.9 Å². The lowest BCUT2D eigenvalue weighted by atomic mass is 9.83. The summed E-state index contributed by atoms with van der Waals surface area (Å²) in [6.07, 6.45) is 1.95. The van der Waals surface area contributed by atoms with Gasteiger partial charge in [0.05, 0.1) is 24.7 Å². The van der Waals surface area contributed by atoms with Crippen molar-refractivity contribution < 1.29 is 23.7 Å². The molecule has 4 aromatic rings. The summed E-state index contributed by atoms with van der Waals surface area (Å²) in [6, 6.07) is 20.2. The highest BCUT2D eigenvalue weighted by molar-refractivity contribution is 7.21. The molecule has 2 heterocycles. The van der Waals surface area contributed by atoms with Crippen LogP contribution in [0, 0.1) is 11.3 Å². The number of esters is 1. The number of unbranched alkanes of at least 4 members (excludes halogenated alkanes) is 1. The van der Waals surface area contributed by atoms with Gasteiger partial charge in [0.1, 0.15) is 28.0 Å². The van der Waals surface area contributed by atoms with E-state index in [-0.39, 0.29) is 17.2 Å². The highest BCUT2D eigenvalue weighted by Gasteiger charge is 2.32. The van der Waals surface area contributed by atoms with Crippen LogP contribution < -0.4 is 24.7 Å². The zero-order valence-electron chi connectivity index (χ0n) is 21.3. The second-order valence-electron chi connectivity index (χ2n) is 8.87. The minimum absolute atomic E-state index is 0.0201. The van der Waals surface area contributed by atoms with E-state index in [2.05, 4.69) is 13.0 Å². The smallest absolute Gasteiger partial charge is 0.355 e. The Labute approximate surface area is 234 Å². The minimum Gasteiger partial charge on any atom is -0.493 e. The number of carbonyl (C=O) groups is 1. The lowest BCUT2D eigenvalue weighted by Crippen LogP contribution is -2.21. The van der Waals surface area contributed by atoms with Crippen LogP contribution in [0.2, 0.25) is 5.02 Å². The van der Waals surface area contributed by atoms with Gasteiger partial charge in [-0.25, -0.2) is 4.79 Å². The van der Waals surface area contributed by atoms with E-state index in [9.17, 15) is 10.1 Å². The van der Waals surface area contributed by atoms with Gasteiger partial charge in [0.25, 0.3) is 0 Å². The van der Waals surface area contributed by atoms with Gasteiger partial charge in [-0.15, -0.1) is 11.3 Å². The predicted molar refractivity (Wildman–Crippen MR) is 151 cm³/mol. The number of ether oxygens (including phenoxy) is 4. The van der Waals surface area contributed by atoms with Gasteiger partial charge in [-0.05, 0) is 36.2 Å². The number of nitrogens with two attached hydrogens (primary N) is 1. The number of rotatable bonds is 8. The Morgan fingerprint density at radius 3 is 2.72 bits per heavy atom. The van der Waals surface area contributed by atoms with Crippen molar-refractivity contribution >= 4 is 39.0 Å². The van der Waals surface area contributed by atoms with Crippen LogP contribution in [0.25, 0.3) is 10.1 Å². The van der Waals surface area contributed by atoms with E-state index in [0.29, 0.717) is 39.3 Å². The largest absolute Gasteiger partial charge is 0.493 e. The fourth-order valence-corrected chi connectivity index (χ4v) is 5.84. The van der Waals surface area contributed by atoms with Crippen LogP contribution in [0.4, 0.5) is 0 Å². The Hall–Kier alpha value is -4.19. The first-order chi connectivity index (χ1) is 18.9. The number of benzene rings is 3. The summed E-state index contributed by atoms with van der Waals surface area (Å²) in [5.74, 6) is 0.714. The second-order valence-corrected chi connectivity index (χ2v) is 10.3. The highest BCUT2D eigenvalue weighted by atomic mass is 35.5. The summed E-state index contributed by atoms with van der Waals surface area (Å²) in [5, 5.41) is 11.1. The molecule has 0 spiro atoms. The number of methoxy groups -OCH3 is 1. The molecule has 0 fully saturated rings. The number of halogens is 1. The molecule has 2 N–H and O–H groups in total. The van der Waals surface area contributed by atoms with Crippen LogP contribution in [0.3, 0.4) is 0 Å². The molecule has 39 heavy (non-hydrogen) atoms. The maximum absolute atomic E-state index is 13.0. The third-order valence-corrected chi connectivity index (χ3v) is 8.05. The number of nitriles is 1. The van der Waals surface area contributed by atoms with Crippen molar-refractivity contribution in [1.29, 1.82) is 5.26 Å². The van der Waals surface area contributed by atoms with Crippen LogP contribution in [0.5, 0.6) is 23.0 Å². The Morgan fingerprint density at radius 2 is 1.97 bits per heavy atom. The lowest BCUT2D eigenvalue weighted by Gasteiger charge is -2.27. The number of allylic oxidation sites excluding steroid dienone is 1. The van der Waals surface area contributed by atoms with E-state index in [4.69, 9.17) is 36.3 Å². The Morgan fingerprint density at radius 1 is 1.15 bits per heavy atom. The van der Waals surface area contributed by atoms with Gasteiger partial charge in [0.2, 0.25) is 5.88 Å². The van der Waals surface area contributed by atoms with Gasteiger partial charge in [0, 0.05) is 21.7 Å². The molecule has 0 aliphatic carbocycles. The molecule has 0 amide bonds. The molecule has 3 aromatic carbocycles. The zero-order valence-corrected chi connectivity index (χ0v) is 22.9. The van der Waals surface area contributed by atoms with Crippen molar-refractivity contribution in [3.05, 3.63) is 93.1 Å². The third kappa shape index (κ3) is 5.11. The van der Waals surface area contributed by atoms with Crippen molar-refractivity contribution in [2.24, 2.45) is 5.73 Å². The molecule has 1 aromatic heterocycles. The molecular formula is C30H25ClN2O5S. The zero-order chi connectivity index (χ0) is 27.5. The molecular weight excluding hydrogens is 536 g/mol. The predicted octanol–water partition coefficient (Wildman–Crippen LogP) is 7.18. The Balaban J connectivity index is 1.46. The monoisotopic (exact) mass is 560 g/mol. The highest BCUT2D eigenvalue weighted by Crippen LogP contribution is 2.45. The lowest BCUT2D eigenvalue weighted by molar-refractivity contribution is 0.0740. The number of hydrogen-bond acceptors (Lipinski definition) is 8. The molecule has 5 rings (SSSR count). The number of thiophene rings is 1. The maximum Gasteiger partial charge on any atom is 0.355 e. The molecule has 1 aliphatic rings. The van der Waals surface area contributed by atoms with Crippen molar-refractivity contribution in [3.63, 3.8) is 0 Å². The Bertz CT molecular complexity index is 1640. The van der Waals surface area contributed by atoms with Crippen LogP contribution in [0.15, 0.2) is 72.1 Å². The van der Waals surface area contributed by atoms with Gasteiger partial charge >= 0.3 is 5.97 Å². The Kier molecular flexibility index (Phi) is 7.64. The molecule has 1 atom stereocenters. The molecule has 198 valence electrons. The fraction of sp³-hybridized carbons (Fsp3) is 0.200. The average Bonchev–Trinajstić information content (AvgIpc) is 3.29.